The lowest BCUT2D eigenvalue weighted by Crippen LogP contribution is -2.30. The molecule has 0 saturated carbocycles. The van der Waals surface area contributed by atoms with E-state index in [1.165, 1.54) is 23.6 Å². The van der Waals surface area contributed by atoms with Crippen LogP contribution in [-0.2, 0) is 16.3 Å². The number of nitrogens with zero attached hydrogens (tertiary/aromatic N) is 3. The Morgan fingerprint density at radius 2 is 2.05 bits per heavy atom. The van der Waals surface area contributed by atoms with E-state index < -0.39 is 22.4 Å². The maximum atomic E-state index is 13.6. The molecule has 5 rings (SSSR count). The number of aromatic nitrogens is 2. The molecule has 2 aliphatic heterocycles. The van der Waals surface area contributed by atoms with Crippen LogP contribution in [0.2, 0.25) is 0 Å². The first-order valence-electron chi connectivity index (χ1n) is 12.5. The van der Waals surface area contributed by atoms with Crippen molar-refractivity contribution in [2.45, 2.75) is 36.0 Å². The van der Waals surface area contributed by atoms with Crippen LogP contribution >= 0.6 is 0 Å². The molecule has 0 aliphatic carbocycles. The third-order valence-corrected chi connectivity index (χ3v) is 8.39. The second kappa shape index (κ2) is 10.4. The van der Waals surface area contributed by atoms with Crippen molar-refractivity contribution < 1.29 is 26.3 Å². The van der Waals surface area contributed by atoms with Gasteiger partial charge in [-0.05, 0) is 43.5 Å². The van der Waals surface area contributed by atoms with E-state index in [-0.39, 0.29) is 28.9 Å². The van der Waals surface area contributed by atoms with Gasteiger partial charge in [-0.25, -0.2) is 13.4 Å². The summed E-state index contributed by atoms with van der Waals surface area (Å²) in [6.45, 7) is 2.03. The highest BCUT2D eigenvalue weighted by molar-refractivity contribution is 7.90. The van der Waals surface area contributed by atoms with Crippen molar-refractivity contribution in [2.75, 3.05) is 45.4 Å². The molecule has 2 aliphatic rings. The summed E-state index contributed by atoms with van der Waals surface area (Å²) >= 11 is 0. The summed E-state index contributed by atoms with van der Waals surface area (Å²) in [5, 5.41) is 6.68. The average Bonchev–Trinajstić information content (AvgIpc) is 3.51. The number of fused-ring (bicyclic) bond motifs is 2. The molecule has 0 amide bonds. The van der Waals surface area contributed by atoms with Crippen LogP contribution in [0.1, 0.15) is 29.4 Å². The Morgan fingerprint density at radius 1 is 1.26 bits per heavy atom. The molecule has 0 spiro atoms. The molecular weight excluding hydrogens is 531 g/mol. The van der Waals surface area contributed by atoms with Crippen molar-refractivity contribution >= 4 is 21.2 Å². The first-order chi connectivity index (χ1) is 18.4. The molecule has 0 unspecified atom stereocenters. The van der Waals surface area contributed by atoms with E-state index in [0.29, 0.717) is 29.0 Å². The fourth-order valence-corrected chi connectivity index (χ4v) is 6.18. The van der Waals surface area contributed by atoms with Gasteiger partial charge in [-0.1, -0.05) is 12.0 Å². The predicted octanol–water partition coefficient (Wildman–Crippen LogP) is 3.28. The summed E-state index contributed by atoms with van der Waals surface area (Å²) in [7, 11) is 0.101. The van der Waals surface area contributed by atoms with Gasteiger partial charge in [-0.3, -0.25) is 0 Å². The number of benzene rings is 1. The number of methoxy groups -OCH3 is 1. The minimum Gasteiger partial charge on any atom is -0.495 e. The van der Waals surface area contributed by atoms with Gasteiger partial charge in [-0.15, -0.1) is 0 Å². The number of likely N-dealkylation sites (tertiary alicyclic amines) is 1. The molecule has 12 heteroatoms. The molecule has 2 N–H and O–H groups in total. The van der Waals surface area contributed by atoms with Gasteiger partial charge in [0.2, 0.25) is 0 Å². The molecular formula is C27H30F3N5O3S. The summed E-state index contributed by atoms with van der Waals surface area (Å²) in [5.74, 6) is 6.50. The van der Waals surface area contributed by atoms with Crippen LogP contribution in [-0.4, -0.2) is 75.0 Å². The lowest BCUT2D eigenvalue weighted by atomic mass is 9.99. The van der Waals surface area contributed by atoms with Gasteiger partial charge in [0, 0.05) is 49.3 Å². The van der Waals surface area contributed by atoms with Gasteiger partial charge in [0.1, 0.15) is 17.1 Å². The van der Waals surface area contributed by atoms with Gasteiger partial charge in [-0.2, -0.15) is 13.2 Å². The highest BCUT2D eigenvalue weighted by atomic mass is 32.2. The van der Waals surface area contributed by atoms with E-state index in [9.17, 15) is 21.6 Å². The lowest BCUT2D eigenvalue weighted by Gasteiger charge is -2.17. The minimum atomic E-state index is -4.43. The number of nitrogens with one attached hydrogen (secondary N) is 2. The van der Waals surface area contributed by atoms with Crippen LogP contribution in [0, 0.1) is 17.8 Å². The van der Waals surface area contributed by atoms with Gasteiger partial charge < -0.3 is 24.7 Å². The fraction of sp³-hybridized carbons (Fsp3) is 0.444. The summed E-state index contributed by atoms with van der Waals surface area (Å²) in [6, 6.07) is 8.47. The van der Waals surface area contributed by atoms with Crippen molar-refractivity contribution in [1.82, 2.24) is 19.6 Å². The Morgan fingerprint density at radius 3 is 2.74 bits per heavy atom. The molecule has 2 fully saturated rings. The molecule has 39 heavy (non-hydrogen) atoms. The van der Waals surface area contributed by atoms with Crippen molar-refractivity contribution in [2.24, 2.45) is 5.92 Å². The maximum Gasteiger partial charge on any atom is 0.394 e. The number of hydrogen-bond donors (Lipinski definition) is 2. The zero-order valence-corrected chi connectivity index (χ0v) is 22.7. The number of ether oxygens (including phenoxy) is 1. The fourth-order valence-electron chi connectivity index (χ4n) is 5.54. The van der Waals surface area contributed by atoms with E-state index in [0.717, 1.165) is 31.3 Å². The molecule has 3 atom stereocenters. The molecule has 1 aromatic carbocycles. The smallest absolute Gasteiger partial charge is 0.394 e. The number of imidazole rings is 1. The summed E-state index contributed by atoms with van der Waals surface area (Å²) < 4.78 is 71.1. The molecule has 3 aromatic rings. The minimum absolute atomic E-state index is 0.000129. The van der Waals surface area contributed by atoms with Gasteiger partial charge in [0.05, 0.1) is 36.4 Å². The van der Waals surface area contributed by atoms with Crippen LogP contribution in [0.15, 0.2) is 41.4 Å². The number of halogens is 3. The highest BCUT2D eigenvalue weighted by Crippen LogP contribution is 2.37. The molecule has 4 heterocycles. The molecule has 0 radical (unpaired) electrons. The normalized spacial score (nSPS) is 21.5. The van der Waals surface area contributed by atoms with Crippen LogP contribution in [0.5, 0.6) is 5.75 Å². The lowest BCUT2D eigenvalue weighted by molar-refractivity contribution is -0.128. The third kappa shape index (κ3) is 5.85. The molecule has 0 bridgehead atoms. The Kier molecular flexibility index (Phi) is 7.26. The zero-order valence-electron chi connectivity index (χ0n) is 21.8. The van der Waals surface area contributed by atoms with Gasteiger partial charge >= 0.3 is 6.18 Å². The van der Waals surface area contributed by atoms with Gasteiger partial charge in [0.25, 0.3) is 0 Å². The third-order valence-electron chi connectivity index (χ3n) is 7.27. The summed E-state index contributed by atoms with van der Waals surface area (Å²) in [4.78, 5) is 6.98. The number of rotatable bonds is 6. The predicted molar refractivity (Wildman–Crippen MR) is 142 cm³/mol. The first-order valence-corrected chi connectivity index (χ1v) is 14.4. The van der Waals surface area contributed by atoms with E-state index in [4.69, 9.17) is 4.74 Å². The number of alkyl halides is 3. The van der Waals surface area contributed by atoms with Crippen molar-refractivity contribution in [3.8, 4) is 17.6 Å². The second-order valence-electron chi connectivity index (χ2n) is 10.2. The summed E-state index contributed by atoms with van der Waals surface area (Å²) in [5.41, 5.74) is 1.95. The monoisotopic (exact) mass is 561 g/mol. The van der Waals surface area contributed by atoms with Crippen LogP contribution in [0.3, 0.4) is 0 Å². The topological polar surface area (TPSA) is 88.0 Å². The van der Waals surface area contributed by atoms with Crippen LogP contribution in [0.25, 0.3) is 5.65 Å². The number of likely N-dealkylation sites (N-methyl/N-ethyl adjacent to an activating group) is 1. The number of anilines is 1. The van der Waals surface area contributed by atoms with E-state index in [2.05, 4.69) is 39.4 Å². The Balaban J connectivity index is 1.42. The van der Waals surface area contributed by atoms with Gasteiger partial charge in [0.15, 0.2) is 9.84 Å². The van der Waals surface area contributed by atoms with Crippen LogP contribution in [0.4, 0.5) is 18.9 Å². The zero-order chi connectivity index (χ0) is 27.9. The van der Waals surface area contributed by atoms with E-state index >= 15 is 0 Å². The quantitative estimate of drug-likeness (QED) is 0.447. The van der Waals surface area contributed by atoms with Crippen LogP contribution < -0.4 is 15.4 Å². The Labute approximate surface area is 225 Å². The van der Waals surface area contributed by atoms with E-state index in [1.807, 2.05) is 6.07 Å². The van der Waals surface area contributed by atoms with Crippen molar-refractivity contribution in [3.63, 3.8) is 0 Å². The Bertz CT molecular complexity index is 1540. The summed E-state index contributed by atoms with van der Waals surface area (Å²) in [6.07, 6.45) is -1.96. The largest absolute Gasteiger partial charge is 0.495 e. The highest BCUT2D eigenvalue weighted by Gasteiger charge is 2.40. The number of hydrogen-bond acceptors (Lipinski definition) is 7. The molecule has 2 saturated heterocycles. The number of pyridine rings is 1. The molecule has 208 valence electrons. The maximum absolute atomic E-state index is 13.6. The van der Waals surface area contributed by atoms with Crippen molar-refractivity contribution in [1.29, 1.82) is 0 Å². The van der Waals surface area contributed by atoms with Crippen molar-refractivity contribution in [3.05, 3.63) is 53.5 Å². The Hall–Kier alpha value is -3.27. The average molecular weight is 562 g/mol. The molecule has 8 nitrogen and oxygen atoms in total. The molecule has 2 aromatic heterocycles. The second-order valence-corrected chi connectivity index (χ2v) is 12.2. The van der Waals surface area contributed by atoms with E-state index in [1.54, 1.807) is 18.3 Å². The first kappa shape index (κ1) is 27.3. The SMILES string of the molecule is COc1cc(S(C)(=O)=O)ccc1NCC#Cc1nc2c([C@@H]3C[C@@H]4CN(C)C[C@@H]4N3)cccn2c1CC(F)(F)F. The number of sulfone groups is 1. The standard InChI is InChI=1S/C27H30F3N5O3S/c1-34-15-17-12-22(32-23(17)16-34)19-6-5-11-35-24(14-27(28,29)30)20(33-26(19)35)7-4-10-31-21-9-8-18(39(3,36)37)13-25(21)38-2/h5-6,8-9,11,13,17,22-23,31-32H,10,12,14-16H2,1-3H3/t17-,22+,23+/m1/s1.